The van der Waals surface area contributed by atoms with E-state index in [-0.39, 0.29) is 6.54 Å². The average molecular weight is 238 g/mol. The van der Waals surface area contributed by atoms with E-state index in [1.165, 1.54) is 0 Å². The first-order valence-electron chi connectivity index (χ1n) is 3.92. The number of hydrogen-bond donors (Lipinski definition) is 1. The molecule has 70 valence electrons. The van der Waals surface area contributed by atoms with E-state index in [0.29, 0.717) is 6.04 Å². The van der Waals surface area contributed by atoms with Crippen LogP contribution in [-0.4, -0.2) is 40.8 Å². The predicted molar refractivity (Wildman–Crippen MR) is 47.1 cm³/mol. The van der Waals surface area contributed by atoms with Crippen LogP contribution in [0.3, 0.4) is 0 Å². The van der Waals surface area contributed by atoms with Crippen LogP contribution in [0, 0.1) is 0 Å². The van der Waals surface area contributed by atoms with Gasteiger partial charge in [-0.15, -0.1) is 0 Å². The number of hydrogen-bond acceptors (Lipinski definition) is 3. The molecule has 0 saturated carbocycles. The molecule has 0 radical (unpaired) electrons. The minimum atomic E-state index is -0.807. The van der Waals surface area contributed by atoms with E-state index in [9.17, 15) is 4.79 Å². The highest BCUT2D eigenvalue weighted by molar-refractivity contribution is 9.07. The number of carbonyl (C=O) groups is 1. The summed E-state index contributed by atoms with van der Waals surface area (Å²) in [4.78, 5) is 10.3. The molecule has 0 amide bonds. The molecule has 1 heterocycles. The molecule has 1 rings (SSSR count). The smallest absolute Gasteiger partial charge is 0.318 e. The zero-order valence-electron chi connectivity index (χ0n) is 6.70. The molecule has 1 aliphatic heterocycles. The van der Waals surface area contributed by atoms with Gasteiger partial charge in [-0.2, -0.15) is 0 Å². The molecule has 5 heteroatoms. The first-order chi connectivity index (χ1) is 5.70. The van der Waals surface area contributed by atoms with Crippen LogP contribution in [0.1, 0.15) is 12.8 Å². The predicted octanol–water partition coefficient (Wildman–Crippen LogP) is 0.862. The van der Waals surface area contributed by atoms with E-state index in [4.69, 9.17) is 9.84 Å². The summed E-state index contributed by atoms with van der Waals surface area (Å²) in [6.07, 6.45) is 1.80. The molecule has 4 nitrogen and oxygen atoms in total. The van der Waals surface area contributed by atoms with E-state index < -0.39 is 5.97 Å². The minimum Gasteiger partial charge on any atom is -0.480 e. The summed E-state index contributed by atoms with van der Waals surface area (Å²) in [6, 6.07) is 0.301. The quantitative estimate of drug-likeness (QED) is 0.741. The molecule has 0 aromatic rings. The second-order valence-electron chi connectivity index (χ2n) is 2.80. The highest BCUT2D eigenvalue weighted by Crippen LogP contribution is 2.16. The van der Waals surface area contributed by atoms with Crippen molar-refractivity contribution in [2.45, 2.75) is 18.9 Å². The Morgan fingerprint density at radius 1 is 1.58 bits per heavy atom. The van der Waals surface area contributed by atoms with Crippen molar-refractivity contribution in [1.29, 1.82) is 0 Å². The monoisotopic (exact) mass is 237 g/mol. The maximum Gasteiger partial charge on any atom is 0.318 e. The standard InChI is InChI=1S/C7H12BrNO3/c8-9(5-7(10)11)6-1-3-12-4-2-6/h6H,1-5H2,(H,10,11). The van der Waals surface area contributed by atoms with Crippen molar-refractivity contribution in [1.82, 2.24) is 3.93 Å². The third-order valence-electron chi connectivity index (χ3n) is 1.87. The fourth-order valence-electron chi connectivity index (χ4n) is 1.22. The van der Waals surface area contributed by atoms with Crippen molar-refractivity contribution >= 4 is 22.1 Å². The Morgan fingerprint density at radius 3 is 2.67 bits per heavy atom. The molecule has 0 bridgehead atoms. The molecule has 1 saturated heterocycles. The number of ether oxygens (including phenoxy) is 1. The Labute approximate surface area is 79.8 Å². The van der Waals surface area contributed by atoms with E-state index >= 15 is 0 Å². The highest BCUT2D eigenvalue weighted by atomic mass is 79.9. The summed E-state index contributed by atoms with van der Waals surface area (Å²) >= 11 is 3.24. The molecule has 0 unspecified atom stereocenters. The van der Waals surface area contributed by atoms with Gasteiger partial charge in [-0.25, -0.2) is 3.93 Å². The van der Waals surface area contributed by atoms with Gasteiger partial charge in [-0.1, -0.05) is 0 Å². The van der Waals surface area contributed by atoms with Gasteiger partial charge in [0.15, 0.2) is 0 Å². The van der Waals surface area contributed by atoms with Gasteiger partial charge < -0.3 is 9.84 Å². The largest absolute Gasteiger partial charge is 0.480 e. The maximum absolute atomic E-state index is 10.3. The number of carboxylic acid groups (broad SMARTS) is 1. The van der Waals surface area contributed by atoms with Crippen LogP contribution in [0.25, 0.3) is 0 Å². The molecule has 12 heavy (non-hydrogen) atoms. The van der Waals surface area contributed by atoms with Crippen LogP contribution < -0.4 is 0 Å². The topological polar surface area (TPSA) is 49.8 Å². The lowest BCUT2D eigenvalue weighted by atomic mass is 10.1. The second-order valence-corrected chi connectivity index (χ2v) is 3.71. The number of aliphatic carboxylic acids is 1. The van der Waals surface area contributed by atoms with Crippen molar-refractivity contribution in [2.75, 3.05) is 19.8 Å². The minimum absolute atomic E-state index is 0.0463. The highest BCUT2D eigenvalue weighted by Gasteiger charge is 2.20. The number of nitrogens with zero attached hydrogens (tertiary/aromatic N) is 1. The molecule has 0 aliphatic carbocycles. The Balaban J connectivity index is 2.29. The maximum atomic E-state index is 10.3. The lowest BCUT2D eigenvalue weighted by molar-refractivity contribution is -0.137. The molecule has 0 spiro atoms. The first kappa shape index (κ1) is 9.95. The lowest BCUT2D eigenvalue weighted by Crippen LogP contribution is -2.35. The van der Waals surface area contributed by atoms with Crippen molar-refractivity contribution in [2.24, 2.45) is 0 Å². The fraction of sp³-hybridized carbons (Fsp3) is 0.857. The van der Waals surface area contributed by atoms with Crippen molar-refractivity contribution in [3.8, 4) is 0 Å². The van der Waals surface area contributed by atoms with Gasteiger partial charge in [-0.3, -0.25) is 4.79 Å². The van der Waals surface area contributed by atoms with Gasteiger partial charge in [0.25, 0.3) is 0 Å². The SMILES string of the molecule is O=C(O)CN(Br)C1CCOCC1. The summed E-state index contributed by atoms with van der Waals surface area (Å²) in [5.41, 5.74) is 0. The van der Waals surface area contributed by atoms with Gasteiger partial charge in [0.1, 0.15) is 6.54 Å². The normalized spacial score (nSPS) is 19.8. The van der Waals surface area contributed by atoms with E-state index in [1.807, 2.05) is 0 Å². The fourth-order valence-corrected chi connectivity index (χ4v) is 1.85. The molecule has 1 aliphatic rings. The van der Waals surface area contributed by atoms with Gasteiger partial charge in [-0.05, 0) is 12.8 Å². The third kappa shape index (κ3) is 3.08. The Hall–Kier alpha value is -0.130. The summed E-state index contributed by atoms with van der Waals surface area (Å²) in [6.45, 7) is 1.50. The van der Waals surface area contributed by atoms with Crippen LogP contribution in [0.15, 0.2) is 0 Å². The zero-order valence-corrected chi connectivity index (χ0v) is 8.29. The summed E-state index contributed by atoms with van der Waals surface area (Å²) in [5, 5.41) is 8.51. The number of rotatable bonds is 3. The third-order valence-corrected chi connectivity index (χ3v) is 2.70. The number of halogens is 1. The molecule has 0 atom stereocenters. The van der Waals surface area contributed by atoms with Gasteiger partial charge in [0, 0.05) is 35.4 Å². The van der Waals surface area contributed by atoms with Crippen LogP contribution >= 0.6 is 16.1 Å². The first-order valence-corrected chi connectivity index (χ1v) is 4.63. The van der Waals surface area contributed by atoms with Crippen LogP contribution in [0.2, 0.25) is 0 Å². The molecule has 0 aromatic carbocycles. The van der Waals surface area contributed by atoms with E-state index in [2.05, 4.69) is 16.1 Å². The van der Waals surface area contributed by atoms with E-state index in [0.717, 1.165) is 26.1 Å². The second kappa shape index (κ2) is 4.79. The summed E-state index contributed by atoms with van der Waals surface area (Å²) in [7, 11) is 0. The molecule has 1 fully saturated rings. The van der Waals surface area contributed by atoms with Crippen molar-refractivity contribution in [3.63, 3.8) is 0 Å². The lowest BCUT2D eigenvalue weighted by Gasteiger charge is -2.27. The van der Waals surface area contributed by atoms with Crippen molar-refractivity contribution < 1.29 is 14.6 Å². The van der Waals surface area contributed by atoms with Crippen LogP contribution in [0.5, 0.6) is 0 Å². The molecular weight excluding hydrogens is 226 g/mol. The van der Waals surface area contributed by atoms with Gasteiger partial charge in [0.05, 0.1) is 0 Å². The summed E-state index contributed by atoms with van der Waals surface area (Å²) in [5.74, 6) is -0.807. The van der Waals surface area contributed by atoms with Crippen molar-refractivity contribution in [3.05, 3.63) is 0 Å². The number of carboxylic acids is 1. The van der Waals surface area contributed by atoms with E-state index in [1.54, 1.807) is 3.93 Å². The summed E-state index contributed by atoms with van der Waals surface area (Å²) < 4.78 is 6.85. The Bertz CT molecular complexity index is 159. The molecule has 1 N–H and O–H groups in total. The Kier molecular flexibility index (Phi) is 3.97. The molecular formula is C7H12BrNO3. The Morgan fingerprint density at radius 2 is 2.17 bits per heavy atom. The average Bonchev–Trinajstić information content (AvgIpc) is 2.05. The van der Waals surface area contributed by atoms with Crippen LogP contribution in [-0.2, 0) is 9.53 Å². The van der Waals surface area contributed by atoms with Crippen LogP contribution in [0.4, 0.5) is 0 Å². The van der Waals surface area contributed by atoms with Gasteiger partial charge in [0.2, 0.25) is 0 Å². The van der Waals surface area contributed by atoms with Gasteiger partial charge >= 0.3 is 5.97 Å². The molecule has 0 aromatic heterocycles. The zero-order chi connectivity index (χ0) is 8.97.